The Kier molecular flexibility index (Phi) is 4.97. The number of rotatable bonds is 4. The van der Waals surface area contributed by atoms with Gasteiger partial charge in [-0.15, -0.1) is 0 Å². The van der Waals surface area contributed by atoms with Crippen molar-refractivity contribution in [2.24, 2.45) is 0 Å². The van der Waals surface area contributed by atoms with Crippen LogP contribution in [-0.2, 0) is 15.0 Å². The number of aromatic nitrogens is 1. The molecule has 1 saturated heterocycles. The number of benzene rings is 1. The summed E-state index contributed by atoms with van der Waals surface area (Å²) >= 11 is 0. The number of nitrogens with one attached hydrogen (secondary N) is 1. The molecule has 5 rings (SSSR count). The third-order valence-corrected chi connectivity index (χ3v) is 6.10. The molecular formula is C24H27N3O6. The summed E-state index contributed by atoms with van der Waals surface area (Å²) in [5.74, 6) is 0.577. The lowest BCUT2D eigenvalue weighted by Gasteiger charge is -2.31. The normalized spacial score (nSPS) is 22.5. The zero-order valence-corrected chi connectivity index (χ0v) is 18.8. The van der Waals surface area contributed by atoms with Gasteiger partial charge in [0, 0.05) is 11.8 Å². The number of fused-ring (bicyclic) bond motifs is 3. The molecule has 2 N–H and O–H groups in total. The third-order valence-electron chi connectivity index (χ3n) is 6.10. The molecule has 1 aromatic heterocycles. The quantitative estimate of drug-likeness (QED) is 0.731. The minimum absolute atomic E-state index is 0.244. The molecule has 2 atom stereocenters. The van der Waals surface area contributed by atoms with E-state index in [0.29, 0.717) is 11.4 Å². The lowest BCUT2D eigenvalue weighted by atomic mass is 10.0. The summed E-state index contributed by atoms with van der Waals surface area (Å²) in [6.45, 7) is 5.51. The molecule has 33 heavy (non-hydrogen) atoms. The van der Waals surface area contributed by atoms with Crippen molar-refractivity contribution in [2.45, 2.75) is 56.9 Å². The molecule has 2 aromatic rings. The summed E-state index contributed by atoms with van der Waals surface area (Å²) < 4.78 is 16.5. The molecule has 3 heterocycles. The number of cyclic esters (lactones) is 1. The number of amides is 2. The molecule has 1 aliphatic carbocycles. The van der Waals surface area contributed by atoms with E-state index in [1.807, 2.05) is 51.1 Å². The number of carbonyl (C=O) groups is 2. The maximum Gasteiger partial charge on any atom is 0.415 e. The van der Waals surface area contributed by atoms with Gasteiger partial charge in [-0.05, 0) is 57.4 Å². The standard InChI is InChI=1S/C24H27N3O6/c1-23(2,3)33-21(29)26-24(8-9-24)20-7-5-15(11-25-20)14-4-6-16-18(10-14)31-13-17-19(12-28)32-22(30)27(16)17/h4-7,10-11,17,19,28H,8-9,12-13H2,1-3H3,(H,26,29)/t17-,19-/m0/s1. The number of hydrogen-bond donors (Lipinski definition) is 2. The van der Waals surface area contributed by atoms with Crippen molar-refractivity contribution in [1.82, 2.24) is 10.3 Å². The highest BCUT2D eigenvalue weighted by Gasteiger charge is 2.48. The second-order valence-corrected chi connectivity index (χ2v) is 9.68. The van der Waals surface area contributed by atoms with Crippen LogP contribution in [0, 0.1) is 0 Å². The zero-order chi connectivity index (χ0) is 23.4. The molecule has 0 unspecified atom stereocenters. The van der Waals surface area contributed by atoms with E-state index < -0.39 is 29.4 Å². The van der Waals surface area contributed by atoms with E-state index in [1.54, 1.807) is 11.1 Å². The Morgan fingerprint density at radius 3 is 2.67 bits per heavy atom. The zero-order valence-electron chi connectivity index (χ0n) is 18.8. The van der Waals surface area contributed by atoms with Gasteiger partial charge < -0.3 is 24.6 Å². The third kappa shape index (κ3) is 3.97. The van der Waals surface area contributed by atoms with Crippen molar-refractivity contribution in [3.63, 3.8) is 0 Å². The van der Waals surface area contributed by atoms with Crippen molar-refractivity contribution in [3.8, 4) is 16.9 Å². The molecule has 2 fully saturated rings. The van der Waals surface area contributed by atoms with Gasteiger partial charge in [-0.2, -0.15) is 0 Å². The molecule has 1 aromatic carbocycles. The second-order valence-electron chi connectivity index (χ2n) is 9.68. The summed E-state index contributed by atoms with van der Waals surface area (Å²) in [7, 11) is 0. The number of pyridine rings is 1. The van der Waals surface area contributed by atoms with E-state index in [0.717, 1.165) is 29.7 Å². The maximum absolute atomic E-state index is 12.3. The molecule has 174 valence electrons. The highest BCUT2D eigenvalue weighted by molar-refractivity contribution is 5.94. The van der Waals surface area contributed by atoms with Crippen molar-refractivity contribution in [1.29, 1.82) is 0 Å². The molecule has 3 aliphatic rings. The topological polar surface area (TPSA) is 110 Å². The van der Waals surface area contributed by atoms with E-state index in [2.05, 4.69) is 10.3 Å². The SMILES string of the molecule is CC(C)(C)OC(=O)NC1(c2ccc(-c3ccc4c(c3)OC[C@H]3[C@H](CO)OC(=O)N43)cn2)CC1. The van der Waals surface area contributed by atoms with Gasteiger partial charge in [0.2, 0.25) is 0 Å². The number of anilines is 1. The summed E-state index contributed by atoms with van der Waals surface area (Å²) in [5.41, 5.74) is 2.16. The van der Waals surface area contributed by atoms with Crippen LogP contribution in [0.5, 0.6) is 5.75 Å². The second kappa shape index (κ2) is 7.62. The Hall–Kier alpha value is -3.33. The molecule has 2 aliphatic heterocycles. The van der Waals surface area contributed by atoms with Crippen LogP contribution >= 0.6 is 0 Å². The lowest BCUT2D eigenvalue weighted by Crippen LogP contribution is -2.45. The van der Waals surface area contributed by atoms with Crippen LogP contribution in [0.4, 0.5) is 15.3 Å². The largest absolute Gasteiger partial charge is 0.489 e. The minimum Gasteiger partial charge on any atom is -0.489 e. The van der Waals surface area contributed by atoms with Gasteiger partial charge in [-0.1, -0.05) is 12.1 Å². The van der Waals surface area contributed by atoms with Gasteiger partial charge in [0.25, 0.3) is 0 Å². The monoisotopic (exact) mass is 453 g/mol. The van der Waals surface area contributed by atoms with Gasteiger partial charge in [0.1, 0.15) is 24.0 Å². The summed E-state index contributed by atoms with van der Waals surface area (Å²) in [4.78, 5) is 30.7. The van der Waals surface area contributed by atoms with E-state index in [-0.39, 0.29) is 19.3 Å². The fourth-order valence-corrected chi connectivity index (χ4v) is 4.28. The first-order valence-corrected chi connectivity index (χ1v) is 11.0. The van der Waals surface area contributed by atoms with E-state index >= 15 is 0 Å². The number of nitrogens with zero attached hydrogens (tertiary/aromatic N) is 2. The van der Waals surface area contributed by atoms with Crippen molar-refractivity contribution in [2.75, 3.05) is 18.1 Å². The summed E-state index contributed by atoms with van der Waals surface area (Å²) in [5, 5.41) is 12.4. The Balaban J connectivity index is 1.34. The van der Waals surface area contributed by atoms with Gasteiger partial charge in [0.15, 0.2) is 6.10 Å². The predicted octanol–water partition coefficient (Wildman–Crippen LogP) is 3.34. The molecule has 0 spiro atoms. The predicted molar refractivity (Wildman–Crippen MR) is 119 cm³/mol. The van der Waals surface area contributed by atoms with Crippen LogP contribution in [0.1, 0.15) is 39.3 Å². The number of alkyl carbamates (subject to hydrolysis) is 1. The Labute approximate surface area is 191 Å². The van der Waals surface area contributed by atoms with Crippen molar-refractivity contribution < 1.29 is 28.9 Å². The molecule has 9 heteroatoms. The van der Waals surface area contributed by atoms with Crippen LogP contribution in [0.3, 0.4) is 0 Å². The Morgan fingerprint density at radius 1 is 1.27 bits per heavy atom. The number of carbonyl (C=O) groups excluding carboxylic acids is 2. The molecule has 0 radical (unpaired) electrons. The van der Waals surface area contributed by atoms with Gasteiger partial charge >= 0.3 is 12.2 Å². The number of aliphatic hydroxyl groups excluding tert-OH is 1. The number of ether oxygens (including phenoxy) is 3. The van der Waals surface area contributed by atoms with Crippen LogP contribution < -0.4 is 15.0 Å². The van der Waals surface area contributed by atoms with Gasteiger partial charge in [0.05, 0.1) is 23.5 Å². The van der Waals surface area contributed by atoms with E-state index in [1.165, 1.54) is 0 Å². The van der Waals surface area contributed by atoms with Crippen LogP contribution in [-0.4, -0.2) is 53.2 Å². The summed E-state index contributed by atoms with van der Waals surface area (Å²) in [6, 6.07) is 9.12. The maximum atomic E-state index is 12.3. The minimum atomic E-state index is -0.592. The fraction of sp³-hybridized carbons (Fsp3) is 0.458. The average molecular weight is 453 g/mol. The van der Waals surface area contributed by atoms with Crippen LogP contribution in [0.15, 0.2) is 36.5 Å². The molecule has 1 saturated carbocycles. The average Bonchev–Trinajstić information content (AvgIpc) is 3.47. The van der Waals surface area contributed by atoms with E-state index in [9.17, 15) is 14.7 Å². The molecule has 9 nitrogen and oxygen atoms in total. The number of hydrogen-bond acceptors (Lipinski definition) is 7. The smallest absolute Gasteiger partial charge is 0.415 e. The number of aliphatic hydroxyl groups is 1. The van der Waals surface area contributed by atoms with Gasteiger partial charge in [-0.25, -0.2) is 9.59 Å². The first kappa shape index (κ1) is 21.5. The first-order chi connectivity index (χ1) is 15.7. The summed E-state index contributed by atoms with van der Waals surface area (Å²) in [6.07, 6.45) is 1.88. The lowest BCUT2D eigenvalue weighted by molar-refractivity contribution is 0.0493. The van der Waals surface area contributed by atoms with Gasteiger partial charge in [-0.3, -0.25) is 9.88 Å². The fourth-order valence-electron chi connectivity index (χ4n) is 4.28. The molecular weight excluding hydrogens is 426 g/mol. The van der Waals surface area contributed by atoms with Crippen molar-refractivity contribution >= 4 is 17.9 Å². The highest BCUT2D eigenvalue weighted by atomic mass is 16.6. The molecule has 2 amide bonds. The van der Waals surface area contributed by atoms with Crippen molar-refractivity contribution in [3.05, 3.63) is 42.2 Å². The Morgan fingerprint density at radius 2 is 2.03 bits per heavy atom. The highest BCUT2D eigenvalue weighted by Crippen LogP contribution is 2.45. The Bertz CT molecular complexity index is 1090. The molecule has 0 bridgehead atoms. The van der Waals surface area contributed by atoms with Crippen LogP contribution in [0.2, 0.25) is 0 Å². The van der Waals surface area contributed by atoms with Crippen LogP contribution in [0.25, 0.3) is 11.1 Å². The van der Waals surface area contributed by atoms with E-state index in [4.69, 9.17) is 14.2 Å². The first-order valence-electron chi connectivity index (χ1n) is 11.0.